The Kier molecular flexibility index (Phi) is 4.12. The van der Waals surface area contributed by atoms with Crippen LogP contribution in [0.1, 0.15) is 33.4 Å². The number of hydrogen-bond acceptors (Lipinski definition) is 4. The molecule has 0 fully saturated rings. The minimum atomic E-state index is -1.05. The number of carbonyl (C=O) groups is 2. The van der Waals surface area contributed by atoms with Crippen molar-refractivity contribution >= 4 is 27.8 Å². The van der Waals surface area contributed by atoms with Gasteiger partial charge in [-0.05, 0) is 31.2 Å². The number of amides is 1. The van der Waals surface area contributed by atoms with Gasteiger partial charge < -0.3 is 19.6 Å². The fraction of sp³-hybridized carbons (Fsp3) is 0.250. The van der Waals surface area contributed by atoms with Crippen molar-refractivity contribution in [3.63, 3.8) is 0 Å². The second-order valence-electron chi connectivity index (χ2n) is 5.25. The number of halogens is 1. The summed E-state index contributed by atoms with van der Waals surface area (Å²) < 4.78 is 11.7. The van der Waals surface area contributed by atoms with Gasteiger partial charge in [-0.2, -0.15) is 0 Å². The fourth-order valence-corrected chi connectivity index (χ4v) is 2.92. The van der Waals surface area contributed by atoms with Crippen LogP contribution in [0.4, 0.5) is 0 Å². The molecule has 6 nitrogen and oxygen atoms in total. The topological polar surface area (TPSA) is 88.8 Å². The van der Waals surface area contributed by atoms with Crippen LogP contribution in [0.25, 0.3) is 0 Å². The molecule has 2 heterocycles. The molecule has 1 aromatic heterocycles. The van der Waals surface area contributed by atoms with Gasteiger partial charge in [0.2, 0.25) is 5.91 Å². The highest BCUT2D eigenvalue weighted by molar-refractivity contribution is 9.10. The van der Waals surface area contributed by atoms with Gasteiger partial charge in [0.1, 0.15) is 35.4 Å². The van der Waals surface area contributed by atoms with Crippen LogP contribution in [0.3, 0.4) is 0 Å². The average Bonchev–Trinajstić information content (AvgIpc) is 3.08. The van der Waals surface area contributed by atoms with Gasteiger partial charge in [-0.25, -0.2) is 4.79 Å². The quantitative estimate of drug-likeness (QED) is 0.852. The SMILES string of the molecule is Cc1oc(CNC(=O)C2COc3ccc(Br)cc32)cc1C(=O)O. The number of carboxylic acids is 1. The van der Waals surface area contributed by atoms with E-state index >= 15 is 0 Å². The van der Waals surface area contributed by atoms with Crippen LogP contribution in [-0.4, -0.2) is 23.6 Å². The molecule has 1 unspecified atom stereocenters. The van der Waals surface area contributed by atoms with Gasteiger partial charge in [-0.15, -0.1) is 0 Å². The predicted octanol–water partition coefficient (Wildman–Crippen LogP) is 2.84. The summed E-state index contributed by atoms with van der Waals surface area (Å²) in [6, 6.07) is 6.97. The van der Waals surface area contributed by atoms with Crippen molar-refractivity contribution in [3.05, 3.63) is 51.4 Å². The summed E-state index contributed by atoms with van der Waals surface area (Å²) in [6.45, 7) is 2.00. The number of aryl methyl sites for hydroxylation is 1. The van der Waals surface area contributed by atoms with Crippen molar-refractivity contribution in [2.75, 3.05) is 6.61 Å². The Morgan fingerprint density at radius 2 is 2.17 bits per heavy atom. The number of carbonyl (C=O) groups excluding carboxylic acids is 1. The molecule has 1 aliphatic heterocycles. The summed E-state index contributed by atoms with van der Waals surface area (Å²) >= 11 is 3.38. The van der Waals surface area contributed by atoms with Crippen LogP contribution in [-0.2, 0) is 11.3 Å². The molecular formula is C16H14BrNO5. The standard InChI is InChI=1S/C16H14BrNO5/c1-8-11(16(20)21)5-10(23-8)6-18-15(19)13-7-22-14-3-2-9(17)4-12(13)14/h2-5,13H,6-7H2,1H3,(H,18,19)(H,20,21). The molecule has 2 aromatic rings. The third-order valence-corrected chi connectivity index (χ3v) is 4.20. The first-order chi connectivity index (χ1) is 11.0. The van der Waals surface area contributed by atoms with Gasteiger partial charge in [0, 0.05) is 10.0 Å². The molecule has 0 saturated carbocycles. The molecule has 0 radical (unpaired) electrons. The lowest BCUT2D eigenvalue weighted by Crippen LogP contribution is -2.29. The lowest BCUT2D eigenvalue weighted by Gasteiger charge is -2.09. The normalized spacial score (nSPS) is 15.8. The zero-order valence-corrected chi connectivity index (χ0v) is 13.8. The van der Waals surface area contributed by atoms with Gasteiger partial charge in [0.25, 0.3) is 0 Å². The van der Waals surface area contributed by atoms with E-state index in [1.165, 1.54) is 6.07 Å². The molecule has 1 aliphatic rings. The molecule has 0 aliphatic carbocycles. The Labute approximate surface area is 140 Å². The smallest absolute Gasteiger partial charge is 0.339 e. The maximum atomic E-state index is 12.4. The van der Waals surface area contributed by atoms with E-state index in [0.29, 0.717) is 17.3 Å². The highest BCUT2D eigenvalue weighted by atomic mass is 79.9. The summed E-state index contributed by atoms with van der Waals surface area (Å²) in [5, 5.41) is 11.8. The number of carboxylic acid groups (broad SMARTS) is 1. The van der Waals surface area contributed by atoms with Crippen molar-refractivity contribution in [1.29, 1.82) is 0 Å². The molecule has 23 heavy (non-hydrogen) atoms. The van der Waals surface area contributed by atoms with Crippen LogP contribution < -0.4 is 10.1 Å². The fourth-order valence-electron chi connectivity index (χ4n) is 2.54. The monoisotopic (exact) mass is 379 g/mol. The second kappa shape index (κ2) is 6.08. The Bertz CT molecular complexity index is 783. The largest absolute Gasteiger partial charge is 0.492 e. The lowest BCUT2D eigenvalue weighted by molar-refractivity contribution is -0.123. The van der Waals surface area contributed by atoms with E-state index in [4.69, 9.17) is 14.3 Å². The molecule has 1 aromatic carbocycles. The highest BCUT2D eigenvalue weighted by Crippen LogP contribution is 2.35. The van der Waals surface area contributed by atoms with Crippen LogP contribution in [0.5, 0.6) is 5.75 Å². The molecule has 120 valence electrons. The van der Waals surface area contributed by atoms with Crippen LogP contribution in [0.2, 0.25) is 0 Å². The van der Waals surface area contributed by atoms with E-state index in [1.807, 2.05) is 18.2 Å². The van der Waals surface area contributed by atoms with Crippen LogP contribution in [0, 0.1) is 6.92 Å². The summed E-state index contributed by atoms with van der Waals surface area (Å²) in [7, 11) is 0. The number of fused-ring (bicyclic) bond motifs is 1. The molecule has 1 amide bonds. The Balaban J connectivity index is 1.68. The van der Waals surface area contributed by atoms with Gasteiger partial charge in [-0.3, -0.25) is 4.79 Å². The summed E-state index contributed by atoms with van der Waals surface area (Å²) in [4.78, 5) is 23.3. The van der Waals surface area contributed by atoms with Crippen molar-refractivity contribution in [3.8, 4) is 5.75 Å². The van der Waals surface area contributed by atoms with Crippen LogP contribution in [0.15, 0.2) is 33.2 Å². The van der Waals surface area contributed by atoms with Crippen molar-refractivity contribution in [2.24, 2.45) is 0 Å². The minimum absolute atomic E-state index is 0.104. The Morgan fingerprint density at radius 3 is 2.87 bits per heavy atom. The number of hydrogen-bond donors (Lipinski definition) is 2. The van der Waals surface area contributed by atoms with E-state index in [-0.39, 0.29) is 24.6 Å². The summed E-state index contributed by atoms with van der Waals surface area (Å²) in [6.07, 6.45) is 0. The zero-order chi connectivity index (χ0) is 16.6. The van der Waals surface area contributed by atoms with Crippen molar-refractivity contribution in [1.82, 2.24) is 5.32 Å². The third kappa shape index (κ3) is 3.10. The molecule has 0 saturated heterocycles. The molecule has 1 atom stereocenters. The first kappa shape index (κ1) is 15.6. The number of aromatic carboxylic acids is 1. The molecule has 0 spiro atoms. The zero-order valence-electron chi connectivity index (χ0n) is 12.3. The second-order valence-corrected chi connectivity index (χ2v) is 6.17. The Morgan fingerprint density at radius 1 is 1.39 bits per heavy atom. The van der Waals surface area contributed by atoms with E-state index in [0.717, 1.165) is 10.0 Å². The van der Waals surface area contributed by atoms with E-state index in [2.05, 4.69) is 21.2 Å². The first-order valence-corrected chi connectivity index (χ1v) is 7.77. The van der Waals surface area contributed by atoms with E-state index < -0.39 is 11.9 Å². The molecule has 7 heteroatoms. The van der Waals surface area contributed by atoms with Crippen molar-refractivity contribution in [2.45, 2.75) is 19.4 Å². The third-order valence-electron chi connectivity index (χ3n) is 3.71. The number of furan rings is 1. The van der Waals surface area contributed by atoms with Gasteiger partial charge in [-0.1, -0.05) is 15.9 Å². The molecule has 0 bridgehead atoms. The average molecular weight is 380 g/mol. The maximum absolute atomic E-state index is 12.4. The predicted molar refractivity (Wildman–Crippen MR) is 84.6 cm³/mol. The van der Waals surface area contributed by atoms with Gasteiger partial charge >= 0.3 is 5.97 Å². The lowest BCUT2D eigenvalue weighted by atomic mass is 10.0. The molecule has 3 rings (SSSR count). The summed E-state index contributed by atoms with van der Waals surface area (Å²) in [5.74, 6) is -0.200. The van der Waals surface area contributed by atoms with Gasteiger partial charge in [0.15, 0.2) is 0 Å². The number of ether oxygens (including phenoxy) is 1. The van der Waals surface area contributed by atoms with Crippen LogP contribution >= 0.6 is 15.9 Å². The molecule has 2 N–H and O–H groups in total. The number of nitrogens with one attached hydrogen (secondary N) is 1. The van der Waals surface area contributed by atoms with E-state index in [9.17, 15) is 9.59 Å². The molecular weight excluding hydrogens is 366 g/mol. The highest BCUT2D eigenvalue weighted by Gasteiger charge is 2.30. The summed E-state index contributed by atoms with van der Waals surface area (Å²) in [5.41, 5.74) is 0.937. The minimum Gasteiger partial charge on any atom is -0.492 e. The van der Waals surface area contributed by atoms with Gasteiger partial charge in [0.05, 0.1) is 6.54 Å². The Hall–Kier alpha value is -2.28. The first-order valence-electron chi connectivity index (χ1n) is 6.98. The maximum Gasteiger partial charge on any atom is 0.339 e. The van der Waals surface area contributed by atoms with E-state index in [1.54, 1.807) is 6.92 Å². The number of benzene rings is 1. The number of rotatable bonds is 4. The van der Waals surface area contributed by atoms with Crippen molar-refractivity contribution < 1.29 is 23.8 Å².